The fourth-order valence-electron chi connectivity index (χ4n) is 3.84. The maximum Gasteiger partial charge on any atom is 0.0849 e. The molecule has 1 fully saturated rings. The second-order valence-corrected chi connectivity index (χ2v) is 7.43. The van der Waals surface area contributed by atoms with Gasteiger partial charge < -0.3 is 10.5 Å². The second kappa shape index (κ2) is 13.2. The van der Waals surface area contributed by atoms with Gasteiger partial charge in [0.15, 0.2) is 0 Å². The van der Waals surface area contributed by atoms with Crippen molar-refractivity contribution in [3.63, 3.8) is 0 Å². The van der Waals surface area contributed by atoms with Crippen molar-refractivity contribution in [1.29, 1.82) is 0 Å². The molecule has 0 aromatic carbocycles. The van der Waals surface area contributed by atoms with Gasteiger partial charge in [0.25, 0.3) is 0 Å². The average molecular weight is 327 g/mol. The topological polar surface area (TPSA) is 38.5 Å². The van der Waals surface area contributed by atoms with Gasteiger partial charge in [-0.15, -0.1) is 0 Å². The lowest BCUT2D eigenvalue weighted by atomic mass is 9.95. The standard InChI is InChI=1S/C20H42N2O/c1-4-6-8-10-12-14-18(13-11-9-7-5-2)22-16-15-19(21)20(17-22)23-3/h18-20H,4-17,21H2,1-3H3/t18?,19-,20+/m1/s1. The lowest BCUT2D eigenvalue weighted by Crippen LogP contribution is -2.54. The minimum atomic E-state index is 0.224. The van der Waals surface area contributed by atoms with E-state index >= 15 is 0 Å². The van der Waals surface area contributed by atoms with Crippen LogP contribution >= 0.6 is 0 Å². The number of nitrogens with zero attached hydrogens (tertiary/aromatic N) is 1. The van der Waals surface area contributed by atoms with Gasteiger partial charge in [0.2, 0.25) is 0 Å². The first kappa shape index (κ1) is 20.9. The van der Waals surface area contributed by atoms with Crippen LogP contribution in [0.1, 0.15) is 90.9 Å². The maximum absolute atomic E-state index is 6.19. The quantitative estimate of drug-likeness (QED) is 0.497. The van der Waals surface area contributed by atoms with Gasteiger partial charge in [0.1, 0.15) is 0 Å². The zero-order valence-corrected chi connectivity index (χ0v) is 16.1. The molecule has 138 valence electrons. The normalized spacial score (nSPS) is 24.0. The molecule has 3 nitrogen and oxygen atoms in total. The summed E-state index contributed by atoms with van der Waals surface area (Å²) in [5.74, 6) is 0. The lowest BCUT2D eigenvalue weighted by molar-refractivity contribution is -0.00241. The van der Waals surface area contributed by atoms with Gasteiger partial charge in [0.05, 0.1) is 6.10 Å². The molecule has 0 aromatic rings. The highest BCUT2D eigenvalue weighted by atomic mass is 16.5. The van der Waals surface area contributed by atoms with Crippen LogP contribution < -0.4 is 5.73 Å². The Balaban J connectivity index is 2.41. The molecule has 0 bridgehead atoms. The third-order valence-corrected chi connectivity index (χ3v) is 5.49. The van der Waals surface area contributed by atoms with Crippen LogP contribution in [0, 0.1) is 0 Å². The summed E-state index contributed by atoms with van der Waals surface area (Å²) in [6.07, 6.45) is 16.4. The second-order valence-electron chi connectivity index (χ2n) is 7.43. The first-order chi connectivity index (χ1) is 11.2. The minimum Gasteiger partial charge on any atom is -0.379 e. The van der Waals surface area contributed by atoms with Gasteiger partial charge >= 0.3 is 0 Å². The van der Waals surface area contributed by atoms with E-state index in [-0.39, 0.29) is 12.1 Å². The van der Waals surface area contributed by atoms with Gasteiger partial charge in [-0.25, -0.2) is 0 Å². The van der Waals surface area contributed by atoms with Crippen LogP contribution in [0.25, 0.3) is 0 Å². The van der Waals surface area contributed by atoms with E-state index in [4.69, 9.17) is 10.5 Å². The zero-order valence-electron chi connectivity index (χ0n) is 16.1. The van der Waals surface area contributed by atoms with Crippen LogP contribution in [-0.2, 0) is 4.74 Å². The van der Waals surface area contributed by atoms with Crippen molar-refractivity contribution in [3.05, 3.63) is 0 Å². The molecule has 1 aliphatic rings. The Hall–Kier alpha value is -0.120. The highest BCUT2D eigenvalue weighted by Crippen LogP contribution is 2.22. The molecule has 0 saturated carbocycles. The predicted molar refractivity (Wildman–Crippen MR) is 101 cm³/mol. The number of hydrogen-bond acceptors (Lipinski definition) is 3. The van der Waals surface area contributed by atoms with E-state index in [0.29, 0.717) is 0 Å². The molecule has 1 rings (SSSR count). The molecular formula is C20H42N2O. The van der Waals surface area contributed by atoms with Crippen molar-refractivity contribution >= 4 is 0 Å². The van der Waals surface area contributed by atoms with E-state index in [1.165, 1.54) is 70.6 Å². The Kier molecular flexibility index (Phi) is 12.0. The minimum absolute atomic E-state index is 0.224. The summed E-state index contributed by atoms with van der Waals surface area (Å²) < 4.78 is 5.62. The van der Waals surface area contributed by atoms with Crippen LogP contribution in [-0.4, -0.2) is 43.3 Å². The highest BCUT2D eigenvalue weighted by molar-refractivity contribution is 4.87. The van der Waals surface area contributed by atoms with E-state index in [0.717, 1.165) is 25.6 Å². The number of piperidine rings is 1. The van der Waals surface area contributed by atoms with Crippen molar-refractivity contribution in [3.8, 4) is 0 Å². The molecule has 0 amide bonds. The summed E-state index contributed by atoms with van der Waals surface area (Å²) in [5.41, 5.74) is 6.19. The molecule has 3 atom stereocenters. The van der Waals surface area contributed by atoms with Gasteiger partial charge in [-0.05, 0) is 19.3 Å². The summed E-state index contributed by atoms with van der Waals surface area (Å²) >= 11 is 0. The van der Waals surface area contributed by atoms with Crippen molar-refractivity contribution in [1.82, 2.24) is 4.90 Å². The smallest absolute Gasteiger partial charge is 0.0849 e. The summed E-state index contributed by atoms with van der Waals surface area (Å²) in [7, 11) is 1.81. The monoisotopic (exact) mass is 326 g/mol. The van der Waals surface area contributed by atoms with Gasteiger partial charge in [0, 0.05) is 32.3 Å². The van der Waals surface area contributed by atoms with Gasteiger partial charge in [-0.2, -0.15) is 0 Å². The molecule has 23 heavy (non-hydrogen) atoms. The third kappa shape index (κ3) is 8.51. The summed E-state index contributed by atoms with van der Waals surface area (Å²) in [4.78, 5) is 2.68. The fraction of sp³-hybridized carbons (Fsp3) is 1.00. The van der Waals surface area contributed by atoms with E-state index in [1.807, 2.05) is 7.11 Å². The Morgan fingerprint density at radius 2 is 1.52 bits per heavy atom. The molecule has 1 heterocycles. The van der Waals surface area contributed by atoms with E-state index < -0.39 is 0 Å². The van der Waals surface area contributed by atoms with Crippen LogP contribution in [0.3, 0.4) is 0 Å². The number of ether oxygens (including phenoxy) is 1. The fourth-order valence-corrected chi connectivity index (χ4v) is 3.84. The van der Waals surface area contributed by atoms with E-state index in [1.54, 1.807) is 0 Å². The number of hydrogen-bond donors (Lipinski definition) is 1. The number of nitrogens with two attached hydrogens (primary N) is 1. The molecule has 1 saturated heterocycles. The molecule has 0 aliphatic carbocycles. The molecule has 0 spiro atoms. The molecule has 2 N–H and O–H groups in total. The summed E-state index contributed by atoms with van der Waals surface area (Å²) in [5, 5.41) is 0. The lowest BCUT2D eigenvalue weighted by Gasteiger charge is -2.40. The number of likely N-dealkylation sites (tertiary alicyclic amines) is 1. The van der Waals surface area contributed by atoms with Crippen LogP contribution in [0.2, 0.25) is 0 Å². The highest BCUT2D eigenvalue weighted by Gasteiger charge is 2.30. The molecule has 0 radical (unpaired) electrons. The van der Waals surface area contributed by atoms with Crippen LogP contribution in [0.5, 0.6) is 0 Å². The van der Waals surface area contributed by atoms with Gasteiger partial charge in [-0.1, -0.05) is 71.6 Å². The summed E-state index contributed by atoms with van der Waals surface area (Å²) in [6.45, 7) is 6.78. The van der Waals surface area contributed by atoms with Crippen LogP contribution in [0.15, 0.2) is 0 Å². The first-order valence-electron chi connectivity index (χ1n) is 10.2. The van der Waals surface area contributed by atoms with Gasteiger partial charge in [-0.3, -0.25) is 4.90 Å². The third-order valence-electron chi connectivity index (χ3n) is 5.49. The predicted octanol–water partition coefficient (Wildman–Crippen LogP) is 4.73. The molecule has 0 aromatic heterocycles. The Labute approximate surface area is 145 Å². The Bertz CT molecular complexity index is 272. The Morgan fingerprint density at radius 3 is 2.09 bits per heavy atom. The van der Waals surface area contributed by atoms with Crippen molar-refractivity contribution in [2.45, 2.75) is 109 Å². The van der Waals surface area contributed by atoms with Crippen molar-refractivity contribution in [2.24, 2.45) is 5.73 Å². The van der Waals surface area contributed by atoms with Crippen LogP contribution in [0.4, 0.5) is 0 Å². The molecule has 1 unspecified atom stereocenters. The molecular weight excluding hydrogens is 284 g/mol. The number of methoxy groups -OCH3 is 1. The van der Waals surface area contributed by atoms with Crippen molar-refractivity contribution in [2.75, 3.05) is 20.2 Å². The Morgan fingerprint density at radius 1 is 0.957 bits per heavy atom. The van der Waals surface area contributed by atoms with Crippen molar-refractivity contribution < 1.29 is 4.74 Å². The first-order valence-corrected chi connectivity index (χ1v) is 10.2. The number of unbranched alkanes of at least 4 members (excludes halogenated alkanes) is 7. The maximum atomic E-state index is 6.19. The molecule has 3 heteroatoms. The van der Waals surface area contributed by atoms with E-state index in [9.17, 15) is 0 Å². The summed E-state index contributed by atoms with van der Waals surface area (Å²) in [6, 6.07) is 0.972. The SMILES string of the molecule is CCCCCCCC(CCCCCC)N1CC[C@@H](N)[C@@H](OC)C1. The van der Waals surface area contributed by atoms with E-state index in [2.05, 4.69) is 18.7 Å². The number of rotatable bonds is 13. The zero-order chi connectivity index (χ0) is 16.9. The molecule has 1 aliphatic heterocycles. The largest absolute Gasteiger partial charge is 0.379 e. The average Bonchev–Trinajstić information content (AvgIpc) is 2.57.